The average Bonchev–Trinajstić information content (AvgIpc) is 3.04. The number of amides is 1. The van der Waals surface area contributed by atoms with Crippen molar-refractivity contribution in [2.45, 2.75) is 26.0 Å². The lowest BCUT2D eigenvalue weighted by molar-refractivity contribution is -0.121. The van der Waals surface area contributed by atoms with E-state index in [1.807, 2.05) is 4.90 Å². The highest BCUT2D eigenvalue weighted by Gasteiger charge is 2.20. The van der Waals surface area contributed by atoms with Crippen molar-refractivity contribution in [2.75, 3.05) is 45.4 Å². The molecule has 1 fully saturated rings. The van der Waals surface area contributed by atoms with Gasteiger partial charge in [-0.05, 0) is 12.8 Å². The van der Waals surface area contributed by atoms with Gasteiger partial charge in [0.2, 0.25) is 11.9 Å². The molecule has 8 heteroatoms. The number of carbonyl (C=O) groups is 1. The van der Waals surface area contributed by atoms with E-state index in [0.29, 0.717) is 24.8 Å². The molecule has 0 aliphatic carbocycles. The molecule has 0 atom stereocenters. The van der Waals surface area contributed by atoms with Crippen molar-refractivity contribution in [3.8, 4) is 0 Å². The molecule has 1 aromatic heterocycles. The number of rotatable bonds is 8. The third-order valence-electron chi connectivity index (χ3n) is 3.65. The molecule has 8 nitrogen and oxygen atoms in total. The summed E-state index contributed by atoms with van der Waals surface area (Å²) in [6, 6.07) is 1.42. The standard InChI is InChI=1S/C15H24N4O4/c1-22-8-5-16-13(20)10-19-14(21)9-12(11-23-2)17-15(19)18-6-3-4-7-18/h9H,3-8,10-11H2,1-2H3,(H,16,20). The van der Waals surface area contributed by atoms with Crippen LogP contribution >= 0.6 is 0 Å². The Kier molecular flexibility index (Phi) is 6.54. The lowest BCUT2D eigenvalue weighted by Crippen LogP contribution is -2.37. The summed E-state index contributed by atoms with van der Waals surface area (Å²) in [5.41, 5.74) is 0.339. The molecule has 1 N–H and O–H groups in total. The molecular weight excluding hydrogens is 300 g/mol. The molecule has 0 spiro atoms. The molecule has 2 rings (SSSR count). The van der Waals surface area contributed by atoms with Crippen LogP contribution in [-0.4, -0.2) is 55.9 Å². The number of carbonyl (C=O) groups excluding carboxylic acids is 1. The monoisotopic (exact) mass is 324 g/mol. The van der Waals surface area contributed by atoms with Crippen LogP contribution in [0, 0.1) is 0 Å². The Bertz CT molecular complexity index is 581. The summed E-state index contributed by atoms with van der Waals surface area (Å²) in [6.07, 6.45) is 2.12. The third-order valence-corrected chi connectivity index (χ3v) is 3.65. The first-order valence-electron chi connectivity index (χ1n) is 7.76. The molecular formula is C15H24N4O4. The Morgan fingerprint density at radius 1 is 1.30 bits per heavy atom. The van der Waals surface area contributed by atoms with E-state index in [2.05, 4.69) is 10.3 Å². The maximum absolute atomic E-state index is 12.4. The number of nitrogens with one attached hydrogen (secondary N) is 1. The van der Waals surface area contributed by atoms with Gasteiger partial charge in [-0.2, -0.15) is 0 Å². The molecule has 1 saturated heterocycles. The lowest BCUT2D eigenvalue weighted by atomic mass is 10.4. The van der Waals surface area contributed by atoms with Crippen molar-refractivity contribution in [3.05, 3.63) is 22.1 Å². The number of ether oxygens (including phenoxy) is 2. The zero-order valence-corrected chi connectivity index (χ0v) is 13.7. The minimum Gasteiger partial charge on any atom is -0.383 e. The van der Waals surface area contributed by atoms with Crippen molar-refractivity contribution >= 4 is 11.9 Å². The van der Waals surface area contributed by atoms with Crippen LogP contribution in [0.15, 0.2) is 10.9 Å². The number of hydrogen-bond donors (Lipinski definition) is 1. The fraction of sp³-hybridized carbons (Fsp3) is 0.667. The Labute approximate surface area is 135 Å². The summed E-state index contributed by atoms with van der Waals surface area (Å²) in [7, 11) is 3.13. The highest BCUT2D eigenvalue weighted by Crippen LogP contribution is 2.17. The largest absolute Gasteiger partial charge is 0.383 e. The molecule has 1 aromatic rings. The van der Waals surface area contributed by atoms with Crippen LogP contribution in [0.1, 0.15) is 18.5 Å². The Morgan fingerprint density at radius 3 is 2.70 bits per heavy atom. The minimum atomic E-state index is -0.240. The number of hydrogen-bond acceptors (Lipinski definition) is 6. The van der Waals surface area contributed by atoms with Gasteiger partial charge in [-0.25, -0.2) is 4.98 Å². The Morgan fingerprint density at radius 2 is 2.04 bits per heavy atom. The molecule has 128 valence electrons. The van der Waals surface area contributed by atoms with Gasteiger partial charge in [0.25, 0.3) is 5.56 Å². The maximum Gasteiger partial charge on any atom is 0.255 e. The van der Waals surface area contributed by atoms with Gasteiger partial charge >= 0.3 is 0 Å². The zero-order valence-electron chi connectivity index (χ0n) is 13.7. The molecule has 0 radical (unpaired) electrons. The van der Waals surface area contributed by atoms with Crippen molar-refractivity contribution in [3.63, 3.8) is 0 Å². The van der Waals surface area contributed by atoms with Gasteiger partial charge in [-0.1, -0.05) is 0 Å². The molecule has 23 heavy (non-hydrogen) atoms. The quantitative estimate of drug-likeness (QED) is 0.664. The van der Waals surface area contributed by atoms with Crippen LogP contribution in [0.2, 0.25) is 0 Å². The molecule has 0 bridgehead atoms. The van der Waals surface area contributed by atoms with Crippen molar-refractivity contribution in [1.82, 2.24) is 14.9 Å². The second-order valence-corrected chi connectivity index (χ2v) is 5.44. The van der Waals surface area contributed by atoms with Gasteiger partial charge in [0.15, 0.2) is 0 Å². The molecule has 2 heterocycles. The fourth-order valence-corrected chi connectivity index (χ4v) is 2.56. The number of aromatic nitrogens is 2. The van der Waals surface area contributed by atoms with E-state index in [1.165, 1.54) is 10.6 Å². The summed E-state index contributed by atoms with van der Waals surface area (Å²) in [4.78, 5) is 31.0. The fourth-order valence-electron chi connectivity index (χ4n) is 2.56. The number of anilines is 1. The maximum atomic E-state index is 12.4. The molecule has 0 aromatic carbocycles. The second kappa shape index (κ2) is 8.64. The first kappa shape index (κ1) is 17.4. The SMILES string of the molecule is COCCNC(=O)Cn1c(N2CCCC2)nc(COC)cc1=O. The molecule has 0 unspecified atom stereocenters. The normalized spacial score (nSPS) is 14.3. The van der Waals surface area contributed by atoms with E-state index in [4.69, 9.17) is 9.47 Å². The third kappa shape index (κ3) is 4.77. The van der Waals surface area contributed by atoms with Crippen LogP contribution < -0.4 is 15.8 Å². The lowest BCUT2D eigenvalue weighted by Gasteiger charge is -2.21. The topological polar surface area (TPSA) is 85.7 Å². The smallest absolute Gasteiger partial charge is 0.255 e. The van der Waals surface area contributed by atoms with E-state index >= 15 is 0 Å². The summed E-state index contributed by atoms with van der Waals surface area (Å²) >= 11 is 0. The van der Waals surface area contributed by atoms with Crippen molar-refractivity contribution in [1.29, 1.82) is 0 Å². The van der Waals surface area contributed by atoms with E-state index in [9.17, 15) is 9.59 Å². The minimum absolute atomic E-state index is 0.0470. The number of nitrogens with zero attached hydrogens (tertiary/aromatic N) is 3. The van der Waals surface area contributed by atoms with Crippen LogP contribution in [0.5, 0.6) is 0 Å². The molecule has 1 aliphatic heterocycles. The van der Waals surface area contributed by atoms with Crippen LogP contribution in [0.25, 0.3) is 0 Å². The predicted molar refractivity (Wildman–Crippen MR) is 85.5 cm³/mol. The van der Waals surface area contributed by atoms with Crippen molar-refractivity contribution in [2.24, 2.45) is 0 Å². The highest BCUT2D eigenvalue weighted by atomic mass is 16.5. The Hall–Kier alpha value is -1.93. The zero-order chi connectivity index (χ0) is 16.7. The summed E-state index contributed by atoms with van der Waals surface area (Å²) in [5, 5.41) is 2.72. The van der Waals surface area contributed by atoms with E-state index in [1.54, 1.807) is 14.2 Å². The second-order valence-electron chi connectivity index (χ2n) is 5.44. The summed E-state index contributed by atoms with van der Waals surface area (Å²) in [6.45, 7) is 2.76. The molecule has 0 saturated carbocycles. The Balaban J connectivity index is 2.21. The van der Waals surface area contributed by atoms with Gasteiger partial charge in [-0.3, -0.25) is 14.2 Å². The molecule has 1 amide bonds. The summed E-state index contributed by atoms with van der Waals surface area (Å²) in [5.74, 6) is 0.315. The van der Waals surface area contributed by atoms with Gasteiger partial charge < -0.3 is 19.7 Å². The summed E-state index contributed by atoms with van der Waals surface area (Å²) < 4.78 is 11.4. The highest BCUT2D eigenvalue weighted by molar-refractivity contribution is 5.76. The van der Waals surface area contributed by atoms with Gasteiger partial charge in [-0.15, -0.1) is 0 Å². The van der Waals surface area contributed by atoms with Gasteiger partial charge in [0.1, 0.15) is 6.54 Å². The van der Waals surface area contributed by atoms with E-state index in [0.717, 1.165) is 25.9 Å². The van der Waals surface area contributed by atoms with Crippen molar-refractivity contribution < 1.29 is 14.3 Å². The van der Waals surface area contributed by atoms with Gasteiger partial charge in [0, 0.05) is 39.9 Å². The molecule has 1 aliphatic rings. The van der Waals surface area contributed by atoms with Gasteiger partial charge in [0.05, 0.1) is 18.9 Å². The van der Waals surface area contributed by atoms with Crippen LogP contribution in [-0.2, 0) is 27.4 Å². The predicted octanol–water partition coefficient (Wildman–Crippen LogP) is -0.247. The first-order valence-corrected chi connectivity index (χ1v) is 7.76. The van der Waals surface area contributed by atoms with Crippen LogP contribution in [0.3, 0.4) is 0 Å². The van der Waals surface area contributed by atoms with Crippen LogP contribution in [0.4, 0.5) is 5.95 Å². The first-order chi connectivity index (χ1) is 11.2. The van der Waals surface area contributed by atoms with E-state index in [-0.39, 0.29) is 24.6 Å². The number of methoxy groups -OCH3 is 2. The van der Waals surface area contributed by atoms with E-state index < -0.39 is 0 Å². The average molecular weight is 324 g/mol.